The molecule has 3 rings (SSSR count). The fourth-order valence-corrected chi connectivity index (χ4v) is 2.14. The predicted octanol–water partition coefficient (Wildman–Crippen LogP) is 1.06. The molecule has 0 bridgehead atoms. The lowest BCUT2D eigenvalue weighted by atomic mass is 10.2. The molecule has 17 heavy (non-hydrogen) atoms. The molecular weight excluding hydrogens is 220 g/mol. The van der Waals surface area contributed by atoms with Crippen LogP contribution in [0.4, 0.5) is 5.69 Å². The maximum atomic E-state index is 11.8. The van der Waals surface area contributed by atoms with Gasteiger partial charge in [-0.1, -0.05) is 0 Å². The lowest BCUT2D eigenvalue weighted by Crippen LogP contribution is -2.30. The maximum absolute atomic E-state index is 11.8. The number of hydrogen-bond acceptors (Lipinski definition) is 4. The minimum absolute atomic E-state index is 0.125. The van der Waals surface area contributed by atoms with Crippen molar-refractivity contribution < 1.29 is 14.3 Å². The number of carbonyl (C=O) groups excluding carboxylic acids is 1. The highest BCUT2D eigenvalue weighted by molar-refractivity contribution is 5.86. The molecule has 0 aromatic heterocycles. The van der Waals surface area contributed by atoms with Crippen LogP contribution < -0.4 is 14.8 Å². The number of benzene rings is 1. The van der Waals surface area contributed by atoms with E-state index in [1.165, 1.54) is 0 Å². The summed E-state index contributed by atoms with van der Waals surface area (Å²) in [5.74, 6) is 1.63. The number of ether oxygens (including phenoxy) is 2. The third-order valence-corrected chi connectivity index (χ3v) is 3.14. The van der Waals surface area contributed by atoms with Gasteiger partial charge in [0.1, 0.15) is 6.04 Å². The normalized spacial score (nSPS) is 22.1. The molecule has 0 spiro atoms. The van der Waals surface area contributed by atoms with Crippen LogP contribution in [0.1, 0.15) is 6.42 Å². The lowest BCUT2D eigenvalue weighted by Gasteiger charge is -2.13. The van der Waals surface area contributed by atoms with Crippen LogP contribution in [0.3, 0.4) is 0 Å². The van der Waals surface area contributed by atoms with Crippen LogP contribution in [0.15, 0.2) is 18.2 Å². The van der Waals surface area contributed by atoms with Crippen molar-refractivity contribution in [2.24, 2.45) is 0 Å². The Morgan fingerprint density at radius 2 is 2.18 bits per heavy atom. The Labute approximate surface area is 99.3 Å². The first-order valence-electron chi connectivity index (χ1n) is 5.65. The van der Waals surface area contributed by atoms with Gasteiger partial charge in [-0.05, 0) is 18.6 Å². The summed E-state index contributed by atoms with van der Waals surface area (Å²) in [6.07, 6.45) is 0.837. The highest BCUT2D eigenvalue weighted by Crippen LogP contribution is 2.34. The molecule has 2 aliphatic rings. The molecular formula is C12H14N2O3. The van der Waals surface area contributed by atoms with E-state index in [-0.39, 0.29) is 18.7 Å². The van der Waals surface area contributed by atoms with Gasteiger partial charge in [-0.15, -0.1) is 0 Å². The van der Waals surface area contributed by atoms with E-state index in [9.17, 15) is 4.79 Å². The van der Waals surface area contributed by atoms with Crippen molar-refractivity contribution in [3.63, 3.8) is 0 Å². The molecule has 1 N–H and O–H groups in total. The van der Waals surface area contributed by atoms with Crippen LogP contribution in [-0.2, 0) is 4.79 Å². The van der Waals surface area contributed by atoms with E-state index in [1.807, 2.05) is 25.2 Å². The highest BCUT2D eigenvalue weighted by atomic mass is 16.7. The molecule has 5 heteroatoms. The second-order valence-corrected chi connectivity index (χ2v) is 4.31. The summed E-state index contributed by atoms with van der Waals surface area (Å²) >= 11 is 0. The molecule has 1 aromatic rings. The molecule has 90 valence electrons. The zero-order valence-electron chi connectivity index (χ0n) is 9.60. The maximum Gasteiger partial charge on any atom is 0.244 e. The lowest BCUT2D eigenvalue weighted by molar-refractivity contribution is -0.127. The molecule has 2 heterocycles. The number of fused-ring (bicyclic) bond motifs is 1. The van der Waals surface area contributed by atoms with Gasteiger partial charge in [-0.25, -0.2) is 0 Å². The van der Waals surface area contributed by atoms with Crippen LogP contribution in [0.2, 0.25) is 0 Å². The van der Waals surface area contributed by atoms with Crippen molar-refractivity contribution in [1.82, 2.24) is 4.90 Å². The molecule has 1 amide bonds. The quantitative estimate of drug-likeness (QED) is 0.831. The van der Waals surface area contributed by atoms with Gasteiger partial charge in [0.25, 0.3) is 0 Å². The SMILES string of the molecule is CN1CCC(Nc2ccc3c(c2)OCO3)C1=O. The molecule has 2 aliphatic heterocycles. The standard InChI is InChI=1S/C12H14N2O3/c1-14-5-4-9(12(14)15)13-8-2-3-10-11(6-8)17-7-16-10/h2-3,6,9,13H,4-5,7H2,1H3. The summed E-state index contributed by atoms with van der Waals surface area (Å²) in [6, 6.07) is 5.50. The minimum Gasteiger partial charge on any atom is -0.454 e. The molecule has 0 aliphatic carbocycles. The van der Waals surface area contributed by atoms with Crippen molar-refractivity contribution in [2.75, 3.05) is 25.7 Å². The number of anilines is 1. The summed E-state index contributed by atoms with van der Waals surface area (Å²) in [5, 5.41) is 3.22. The monoisotopic (exact) mass is 234 g/mol. The van der Waals surface area contributed by atoms with Crippen LogP contribution in [0, 0.1) is 0 Å². The Bertz CT molecular complexity index is 461. The van der Waals surface area contributed by atoms with Crippen molar-refractivity contribution in [3.8, 4) is 11.5 Å². The van der Waals surface area contributed by atoms with E-state index >= 15 is 0 Å². The Morgan fingerprint density at radius 3 is 2.94 bits per heavy atom. The third-order valence-electron chi connectivity index (χ3n) is 3.14. The Balaban J connectivity index is 1.75. The molecule has 0 radical (unpaired) electrons. The van der Waals surface area contributed by atoms with Gasteiger partial charge in [0.05, 0.1) is 0 Å². The van der Waals surface area contributed by atoms with E-state index in [1.54, 1.807) is 4.90 Å². The van der Waals surface area contributed by atoms with E-state index in [2.05, 4.69) is 5.32 Å². The van der Waals surface area contributed by atoms with Gasteiger partial charge >= 0.3 is 0 Å². The van der Waals surface area contributed by atoms with E-state index in [0.717, 1.165) is 30.2 Å². The van der Waals surface area contributed by atoms with Crippen LogP contribution in [0.5, 0.6) is 11.5 Å². The summed E-state index contributed by atoms with van der Waals surface area (Å²) in [5.41, 5.74) is 0.892. The number of rotatable bonds is 2. The van der Waals surface area contributed by atoms with Crippen molar-refractivity contribution in [3.05, 3.63) is 18.2 Å². The Hall–Kier alpha value is -1.91. The van der Waals surface area contributed by atoms with Crippen LogP contribution in [0.25, 0.3) is 0 Å². The van der Waals surface area contributed by atoms with E-state index in [0.29, 0.717) is 0 Å². The first kappa shape index (κ1) is 10.3. The number of nitrogens with one attached hydrogen (secondary N) is 1. The summed E-state index contributed by atoms with van der Waals surface area (Å²) in [4.78, 5) is 13.5. The van der Waals surface area contributed by atoms with Gasteiger partial charge in [0.2, 0.25) is 12.7 Å². The number of hydrogen-bond donors (Lipinski definition) is 1. The number of carbonyl (C=O) groups is 1. The fourth-order valence-electron chi connectivity index (χ4n) is 2.14. The van der Waals surface area contributed by atoms with Gasteiger partial charge in [0.15, 0.2) is 11.5 Å². The number of likely N-dealkylation sites (tertiary alicyclic amines) is 1. The first-order valence-corrected chi connectivity index (χ1v) is 5.65. The molecule has 0 saturated carbocycles. The number of amides is 1. The Kier molecular flexibility index (Phi) is 2.31. The fraction of sp³-hybridized carbons (Fsp3) is 0.417. The molecule has 1 unspecified atom stereocenters. The number of likely N-dealkylation sites (N-methyl/N-ethyl adjacent to an activating group) is 1. The smallest absolute Gasteiger partial charge is 0.244 e. The average molecular weight is 234 g/mol. The molecule has 1 aromatic carbocycles. The zero-order valence-corrected chi connectivity index (χ0v) is 9.60. The minimum atomic E-state index is -0.125. The summed E-state index contributed by atoms with van der Waals surface area (Å²) in [7, 11) is 1.82. The van der Waals surface area contributed by atoms with Gasteiger partial charge in [0, 0.05) is 25.3 Å². The van der Waals surface area contributed by atoms with Gasteiger partial charge in [-0.3, -0.25) is 4.79 Å². The predicted molar refractivity (Wildman–Crippen MR) is 62.2 cm³/mol. The van der Waals surface area contributed by atoms with Crippen LogP contribution >= 0.6 is 0 Å². The second kappa shape index (κ2) is 3.84. The number of nitrogens with zero attached hydrogens (tertiary/aromatic N) is 1. The van der Waals surface area contributed by atoms with Crippen molar-refractivity contribution in [2.45, 2.75) is 12.5 Å². The van der Waals surface area contributed by atoms with E-state index in [4.69, 9.17) is 9.47 Å². The Morgan fingerprint density at radius 1 is 1.35 bits per heavy atom. The summed E-state index contributed by atoms with van der Waals surface area (Å²) in [6.45, 7) is 1.07. The van der Waals surface area contributed by atoms with Gasteiger partial charge in [-0.2, -0.15) is 0 Å². The van der Waals surface area contributed by atoms with Crippen LogP contribution in [-0.4, -0.2) is 37.2 Å². The second-order valence-electron chi connectivity index (χ2n) is 4.31. The third kappa shape index (κ3) is 1.77. The topological polar surface area (TPSA) is 50.8 Å². The van der Waals surface area contributed by atoms with Crippen molar-refractivity contribution >= 4 is 11.6 Å². The largest absolute Gasteiger partial charge is 0.454 e. The van der Waals surface area contributed by atoms with E-state index < -0.39 is 0 Å². The first-order chi connectivity index (χ1) is 8.24. The molecule has 1 fully saturated rings. The summed E-state index contributed by atoms with van der Waals surface area (Å²) < 4.78 is 10.5. The molecule has 1 atom stereocenters. The molecule has 5 nitrogen and oxygen atoms in total. The van der Waals surface area contributed by atoms with Crippen molar-refractivity contribution in [1.29, 1.82) is 0 Å². The average Bonchev–Trinajstić information content (AvgIpc) is 2.90. The zero-order chi connectivity index (χ0) is 11.8. The van der Waals surface area contributed by atoms with Gasteiger partial charge < -0.3 is 19.7 Å². The molecule has 1 saturated heterocycles. The highest BCUT2D eigenvalue weighted by Gasteiger charge is 2.29.